The van der Waals surface area contributed by atoms with Crippen LogP contribution in [-0.2, 0) is 9.59 Å². The second-order valence-corrected chi connectivity index (χ2v) is 4.49. The summed E-state index contributed by atoms with van der Waals surface area (Å²) in [7, 11) is 1.55. The first kappa shape index (κ1) is 8.81. The molecule has 0 aliphatic carbocycles. The Bertz CT molecular complexity index is 298. The van der Waals surface area contributed by atoms with E-state index in [9.17, 15) is 9.59 Å². The molecule has 70 valence electrons. The minimum Gasteiger partial charge on any atom is -0.282 e. The molecule has 13 heavy (non-hydrogen) atoms. The summed E-state index contributed by atoms with van der Waals surface area (Å²) in [6.45, 7) is 0. The van der Waals surface area contributed by atoms with Gasteiger partial charge >= 0.3 is 0 Å². The predicted molar refractivity (Wildman–Crippen MR) is 51.0 cm³/mol. The Balaban J connectivity index is 2.32. The van der Waals surface area contributed by atoms with Crippen molar-refractivity contribution in [2.75, 3.05) is 12.8 Å². The highest BCUT2D eigenvalue weighted by atomic mass is 32.2. The van der Waals surface area contributed by atoms with Gasteiger partial charge in [0.05, 0.1) is 5.92 Å². The van der Waals surface area contributed by atoms with Crippen LogP contribution in [0.5, 0.6) is 0 Å². The number of amides is 2. The van der Waals surface area contributed by atoms with Gasteiger partial charge in [-0.25, -0.2) is 0 Å². The number of nitrogens with zero attached hydrogens (tertiary/aromatic N) is 1. The summed E-state index contributed by atoms with van der Waals surface area (Å²) in [6, 6.07) is 0. The van der Waals surface area contributed by atoms with Crippen LogP contribution in [0.25, 0.3) is 0 Å². The summed E-state index contributed by atoms with van der Waals surface area (Å²) in [4.78, 5) is 25.1. The van der Waals surface area contributed by atoms with Gasteiger partial charge in [-0.3, -0.25) is 14.5 Å². The maximum Gasteiger partial charge on any atom is 0.253 e. The first-order chi connectivity index (χ1) is 6.20. The van der Waals surface area contributed by atoms with Crippen molar-refractivity contribution in [2.24, 2.45) is 5.92 Å². The van der Waals surface area contributed by atoms with E-state index in [0.29, 0.717) is 0 Å². The van der Waals surface area contributed by atoms with Crippen LogP contribution in [0, 0.1) is 5.92 Å². The molecule has 0 radical (unpaired) electrons. The van der Waals surface area contributed by atoms with Crippen molar-refractivity contribution < 1.29 is 9.59 Å². The van der Waals surface area contributed by atoms with Crippen molar-refractivity contribution in [1.82, 2.24) is 4.90 Å². The molecule has 2 heterocycles. The number of hydrogen-bond acceptors (Lipinski definition) is 3. The van der Waals surface area contributed by atoms with Gasteiger partial charge in [0.1, 0.15) is 0 Å². The van der Waals surface area contributed by atoms with Gasteiger partial charge in [-0.15, -0.1) is 11.8 Å². The number of carbonyl (C=O) groups is 2. The van der Waals surface area contributed by atoms with E-state index >= 15 is 0 Å². The molecule has 1 atom stereocenters. The molecule has 0 spiro atoms. The first-order valence-electron chi connectivity index (χ1n) is 4.36. The molecule has 0 aromatic carbocycles. The van der Waals surface area contributed by atoms with E-state index in [2.05, 4.69) is 0 Å². The predicted octanol–water partition coefficient (Wildman–Crippen LogP) is 1.01. The number of hydrogen-bond donors (Lipinski definition) is 0. The van der Waals surface area contributed by atoms with Gasteiger partial charge < -0.3 is 0 Å². The molecule has 4 heteroatoms. The average Bonchev–Trinajstić information content (AvgIpc) is 2.15. The minimum absolute atomic E-state index is 0.0264. The summed E-state index contributed by atoms with van der Waals surface area (Å²) >= 11 is 1.65. The van der Waals surface area contributed by atoms with E-state index in [4.69, 9.17) is 0 Å². The topological polar surface area (TPSA) is 37.4 Å². The van der Waals surface area contributed by atoms with Crippen molar-refractivity contribution in [3.05, 3.63) is 11.0 Å². The molecule has 1 unspecified atom stereocenters. The fourth-order valence-electron chi connectivity index (χ4n) is 1.67. The number of imide groups is 1. The molecule has 0 aromatic heterocycles. The molecule has 0 bridgehead atoms. The lowest BCUT2D eigenvalue weighted by molar-refractivity contribution is -0.143. The van der Waals surface area contributed by atoms with Gasteiger partial charge in [-0.2, -0.15) is 0 Å². The van der Waals surface area contributed by atoms with Crippen LogP contribution in [0.2, 0.25) is 0 Å². The second kappa shape index (κ2) is 3.18. The molecule has 2 amide bonds. The molecule has 0 saturated carbocycles. The number of fused-ring (bicyclic) bond motifs is 1. The summed E-state index contributed by atoms with van der Waals surface area (Å²) in [5, 5.41) is 0. The molecule has 1 fully saturated rings. The second-order valence-electron chi connectivity index (χ2n) is 3.33. The SMILES string of the molecule is CN1C(=O)C=C2SCCCC2C1=O. The smallest absolute Gasteiger partial charge is 0.253 e. The maximum absolute atomic E-state index is 11.6. The molecule has 0 N–H and O–H groups in total. The van der Waals surface area contributed by atoms with Crippen LogP contribution in [0.3, 0.4) is 0 Å². The molecule has 2 rings (SSSR count). The molecule has 3 nitrogen and oxygen atoms in total. The average molecular weight is 197 g/mol. The molecular weight excluding hydrogens is 186 g/mol. The molecule has 1 saturated heterocycles. The third kappa shape index (κ3) is 1.39. The zero-order valence-corrected chi connectivity index (χ0v) is 8.26. The maximum atomic E-state index is 11.6. The first-order valence-corrected chi connectivity index (χ1v) is 5.34. The Kier molecular flexibility index (Phi) is 2.15. The molecular formula is C9H11NO2S. The fraction of sp³-hybridized carbons (Fsp3) is 0.556. The van der Waals surface area contributed by atoms with Crippen LogP contribution >= 0.6 is 11.8 Å². The largest absolute Gasteiger partial charge is 0.282 e. The van der Waals surface area contributed by atoms with Gasteiger partial charge in [0.25, 0.3) is 5.91 Å². The zero-order valence-electron chi connectivity index (χ0n) is 7.45. The monoisotopic (exact) mass is 197 g/mol. The number of rotatable bonds is 0. The minimum atomic E-state index is -0.175. The van der Waals surface area contributed by atoms with E-state index in [1.165, 1.54) is 4.90 Å². The van der Waals surface area contributed by atoms with Gasteiger partial charge in [0.15, 0.2) is 0 Å². The van der Waals surface area contributed by atoms with Crippen LogP contribution in [-0.4, -0.2) is 29.5 Å². The zero-order chi connectivity index (χ0) is 9.42. The van der Waals surface area contributed by atoms with E-state index in [1.807, 2.05) is 0 Å². The Hall–Kier alpha value is -0.770. The van der Waals surface area contributed by atoms with E-state index in [1.54, 1.807) is 24.9 Å². The van der Waals surface area contributed by atoms with Crippen LogP contribution < -0.4 is 0 Å². The number of likely N-dealkylation sites (N-methyl/N-ethyl adjacent to an activating group) is 1. The highest BCUT2D eigenvalue weighted by Gasteiger charge is 2.35. The molecule has 0 aromatic rings. The quantitative estimate of drug-likeness (QED) is 0.544. The Morgan fingerprint density at radius 2 is 2.31 bits per heavy atom. The summed E-state index contributed by atoms with van der Waals surface area (Å²) in [6.07, 6.45) is 3.58. The molecule has 2 aliphatic rings. The summed E-state index contributed by atoms with van der Waals surface area (Å²) < 4.78 is 0. The lowest BCUT2D eigenvalue weighted by Crippen LogP contribution is -2.41. The Labute approximate surface area is 81.2 Å². The normalized spacial score (nSPS) is 28.5. The third-order valence-electron chi connectivity index (χ3n) is 2.47. The van der Waals surface area contributed by atoms with Crippen LogP contribution in [0.15, 0.2) is 11.0 Å². The highest BCUT2D eigenvalue weighted by Crippen LogP contribution is 2.37. The number of carbonyl (C=O) groups excluding carboxylic acids is 2. The highest BCUT2D eigenvalue weighted by molar-refractivity contribution is 8.03. The van der Waals surface area contributed by atoms with E-state index < -0.39 is 0 Å². The lowest BCUT2D eigenvalue weighted by atomic mass is 9.98. The lowest BCUT2D eigenvalue weighted by Gasteiger charge is -2.30. The standard InChI is InChI=1S/C9H11NO2S/c1-10-8(11)5-7-6(9(10)12)3-2-4-13-7/h5-6H,2-4H2,1H3. The van der Waals surface area contributed by atoms with Crippen molar-refractivity contribution >= 4 is 23.6 Å². The summed E-state index contributed by atoms with van der Waals surface area (Å²) in [5.74, 6) is 0.800. The molecule has 2 aliphatic heterocycles. The van der Waals surface area contributed by atoms with Crippen LogP contribution in [0.1, 0.15) is 12.8 Å². The van der Waals surface area contributed by atoms with Gasteiger partial charge in [-0.1, -0.05) is 0 Å². The van der Waals surface area contributed by atoms with Crippen molar-refractivity contribution in [3.8, 4) is 0 Å². The third-order valence-corrected chi connectivity index (χ3v) is 3.70. The van der Waals surface area contributed by atoms with Crippen molar-refractivity contribution in [2.45, 2.75) is 12.8 Å². The number of thioether (sulfide) groups is 1. The Morgan fingerprint density at radius 1 is 1.54 bits per heavy atom. The van der Waals surface area contributed by atoms with Gasteiger partial charge in [-0.05, 0) is 18.6 Å². The van der Waals surface area contributed by atoms with E-state index in [0.717, 1.165) is 23.5 Å². The van der Waals surface area contributed by atoms with Crippen molar-refractivity contribution in [1.29, 1.82) is 0 Å². The van der Waals surface area contributed by atoms with Crippen LogP contribution in [0.4, 0.5) is 0 Å². The van der Waals surface area contributed by atoms with Crippen molar-refractivity contribution in [3.63, 3.8) is 0 Å². The van der Waals surface area contributed by atoms with E-state index in [-0.39, 0.29) is 17.7 Å². The summed E-state index contributed by atoms with van der Waals surface area (Å²) in [5.41, 5.74) is 0. The fourth-order valence-corrected chi connectivity index (χ4v) is 2.82. The Morgan fingerprint density at radius 3 is 3.08 bits per heavy atom. The van der Waals surface area contributed by atoms with Gasteiger partial charge in [0.2, 0.25) is 5.91 Å². The van der Waals surface area contributed by atoms with Gasteiger partial charge in [0, 0.05) is 18.0 Å².